The summed E-state index contributed by atoms with van der Waals surface area (Å²) in [6, 6.07) is 3.30. The Morgan fingerprint density at radius 2 is 1.89 bits per heavy atom. The Kier molecular flexibility index (Phi) is 5.20. The van der Waals surface area contributed by atoms with Crippen LogP contribution in [0.15, 0.2) is 6.07 Å². The lowest BCUT2D eigenvalue weighted by Crippen LogP contribution is -2.64. The van der Waals surface area contributed by atoms with Crippen molar-refractivity contribution in [3.8, 4) is 0 Å². The second-order valence-electron chi connectivity index (χ2n) is 10.0. The van der Waals surface area contributed by atoms with Gasteiger partial charge in [-0.2, -0.15) is 5.10 Å². The van der Waals surface area contributed by atoms with E-state index >= 15 is 0 Å². The number of H-pyrrole nitrogens is 1. The minimum atomic E-state index is 0.139. The number of nitrogens with one attached hydrogen (secondary N) is 1. The molecular formula is C23H36N4O. The fourth-order valence-corrected chi connectivity index (χ4v) is 6.85. The molecule has 2 bridgehead atoms. The van der Waals surface area contributed by atoms with E-state index < -0.39 is 0 Å². The van der Waals surface area contributed by atoms with E-state index in [9.17, 15) is 4.79 Å². The average molecular weight is 385 g/mol. The summed E-state index contributed by atoms with van der Waals surface area (Å²) >= 11 is 0. The number of aromatic nitrogens is 2. The number of aromatic amines is 1. The summed E-state index contributed by atoms with van der Waals surface area (Å²) in [5.41, 5.74) is 1.57. The zero-order valence-electron chi connectivity index (χ0n) is 17.4. The third kappa shape index (κ3) is 3.51. The van der Waals surface area contributed by atoms with Crippen molar-refractivity contribution in [1.29, 1.82) is 0 Å². The topological polar surface area (TPSA) is 52.2 Å². The zero-order chi connectivity index (χ0) is 19.1. The maximum absolute atomic E-state index is 13.1. The van der Waals surface area contributed by atoms with E-state index in [1.807, 2.05) is 13.0 Å². The SMILES string of the molecule is Cc1cc(C(=O)N2C[C@H]3C[C@@H](C2)[C@H](CC2CCCCC2)N2CCCC[C@@H]32)n[nH]1. The molecule has 3 aliphatic heterocycles. The lowest BCUT2D eigenvalue weighted by Gasteiger charge is -2.57. The Morgan fingerprint density at radius 1 is 1.11 bits per heavy atom. The minimum absolute atomic E-state index is 0.139. The largest absolute Gasteiger partial charge is 0.337 e. The van der Waals surface area contributed by atoms with Crippen LogP contribution in [0.25, 0.3) is 0 Å². The molecule has 0 spiro atoms. The summed E-state index contributed by atoms with van der Waals surface area (Å²) in [6.45, 7) is 5.12. The molecule has 28 heavy (non-hydrogen) atoms. The summed E-state index contributed by atoms with van der Waals surface area (Å²) in [5, 5.41) is 7.19. The van der Waals surface area contributed by atoms with Gasteiger partial charge in [0.2, 0.25) is 0 Å². The van der Waals surface area contributed by atoms with E-state index in [1.165, 1.54) is 70.8 Å². The van der Waals surface area contributed by atoms with Crippen LogP contribution in [0, 0.1) is 24.7 Å². The molecule has 154 valence electrons. The fraction of sp³-hybridized carbons (Fsp3) is 0.826. The van der Waals surface area contributed by atoms with Crippen molar-refractivity contribution in [2.45, 2.75) is 83.2 Å². The quantitative estimate of drug-likeness (QED) is 0.857. The molecule has 4 atom stereocenters. The molecule has 4 aliphatic rings. The molecule has 0 radical (unpaired) electrons. The molecule has 1 amide bonds. The van der Waals surface area contributed by atoms with E-state index in [-0.39, 0.29) is 5.91 Å². The summed E-state index contributed by atoms with van der Waals surface area (Å²) in [6.07, 6.45) is 13.9. The molecule has 1 aromatic rings. The molecule has 0 aromatic carbocycles. The van der Waals surface area contributed by atoms with Crippen LogP contribution in [0.3, 0.4) is 0 Å². The van der Waals surface area contributed by atoms with Crippen LogP contribution in [0.1, 0.15) is 80.4 Å². The second-order valence-corrected chi connectivity index (χ2v) is 10.0. The van der Waals surface area contributed by atoms with Crippen molar-refractivity contribution < 1.29 is 4.79 Å². The van der Waals surface area contributed by atoms with Gasteiger partial charge in [-0.25, -0.2) is 0 Å². The number of hydrogen-bond donors (Lipinski definition) is 1. The highest BCUT2D eigenvalue weighted by molar-refractivity contribution is 5.92. The van der Waals surface area contributed by atoms with Gasteiger partial charge in [0.15, 0.2) is 0 Å². The lowest BCUT2D eigenvalue weighted by molar-refractivity contribution is -0.0726. The van der Waals surface area contributed by atoms with Crippen LogP contribution >= 0.6 is 0 Å². The summed E-state index contributed by atoms with van der Waals surface area (Å²) in [5.74, 6) is 2.36. The van der Waals surface area contributed by atoms with Crippen LogP contribution in [-0.2, 0) is 0 Å². The van der Waals surface area contributed by atoms with Crippen molar-refractivity contribution in [2.75, 3.05) is 19.6 Å². The minimum Gasteiger partial charge on any atom is -0.337 e. The van der Waals surface area contributed by atoms with E-state index in [4.69, 9.17) is 0 Å². The van der Waals surface area contributed by atoms with Crippen molar-refractivity contribution >= 4 is 5.91 Å². The summed E-state index contributed by atoms with van der Waals surface area (Å²) in [7, 11) is 0. The van der Waals surface area contributed by atoms with E-state index in [2.05, 4.69) is 20.0 Å². The highest BCUT2D eigenvalue weighted by Crippen LogP contribution is 2.44. The number of hydrogen-bond acceptors (Lipinski definition) is 3. The van der Waals surface area contributed by atoms with Gasteiger partial charge in [0.05, 0.1) is 0 Å². The maximum atomic E-state index is 13.1. The molecule has 1 saturated carbocycles. The molecule has 1 aliphatic carbocycles. The first-order valence-electron chi connectivity index (χ1n) is 11.8. The number of carbonyl (C=O) groups excluding carboxylic acids is 1. The highest BCUT2D eigenvalue weighted by atomic mass is 16.2. The van der Waals surface area contributed by atoms with Gasteiger partial charge >= 0.3 is 0 Å². The lowest BCUT2D eigenvalue weighted by atomic mass is 9.69. The predicted molar refractivity (Wildman–Crippen MR) is 110 cm³/mol. The predicted octanol–water partition coefficient (Wildman–Crippen LogP) is 4.00. The van der Waals surface area contributed by atoms with Crippen molar-refractivity contribution in [2.24, 2.45) is 17.8 Å². The standard InChI is InChI=1S/C23H36N4O/c1-16-11-20(25-24-16)23(28)26-14-18-13-19(15-26)22(12-17-7-3-2-4-8-17)27-10-6-5-9-21(18)27/h11,17-19,21-22H,2-10,12-15H2,1H3,(H,24,25)/t18-,19+,21+,22+/m1/s1. The first-order chi connectivity index (χ1) is 13.7. The maximum Gasteiger partial charge on any atom is 0.274 e. The molecule has 1 aromatic heterocycles. The smallest absolute Gasteiger partial charge is 0.274 e. The van der Waals surface area contributed by atoms with Crippen molar-refractivity contribution in [1.82, 2.24) is 20.0 Å². The normalized spacial score (nSPS) is 34.2. The third-order valence-electron chi connectivity index (χ3n) is 8.13. The first kappa shape index (κ1) is 18.7. The van der Waals surface area contributed by atoms with Crippen LogP contribution < -0.4 is 0 Å². The first-order valence-corrected chi connectivity index (χ1v) is 11.8. The monoisotopic (exact) mass is 384 g/mol. The molecule has 5 heteroatoms. The van der Waals surface area contributed by atoms with Crippen LogP contribution in [0.4, 0.5) is 0 Å². The number of likely N-dealkylation sites (tertiary alicyclic amines) is 1. The number of nitrogens with zero attached hydrogens (tertiary/aromatic N) is 3. The second kappa shape index (κ2) is 7.81. The van der Waals surface area contributed by atoms with Crippen molar-refractivity contribution in [3.05, 3.63) is 17.5 Å². The van der Waals surface area contributed by atoms with Gasteiger partial charge in [0, 0.05) is 30.9 Å². The van der Waals surface area contributed by atoms with E-state index in [0.717, 1.165) is 24.7 Å². The number of fused-ring (bicyclic) bond motifs is 4. The Morgan fingerprint density at radius 3 is 2.68 bits per heavy atom. The molecule has 5 nitrogen and oxygen atoms in total. The van der Waals surface area contributed by atoms with Gasteiger partial charge in [-0.3, -0.25) is 14.8 Å². The van der Waals surface area contributed by atoms with Crippen LogP contribution in [0.2, 0.25) is 0 Å². The van der Waals surface area contributed by atoms with E-state index in [1.54, 1.807) is 0 Å². The Balaban J connectivity index is 1.36. The van der Waals surface area contributed by atoms with Gasteiger partial charge in [-0.05, 0) is 63.0 Å². The Hall–Kier alpha value is -1.36. The molecule has 5 rings (SSSR count). The van der Waals surface area contributed by atoms with Gasteiger partial charge in [0.1, 0.15) is 5.69 Å². The number of rotatable bonds is 3. The number of amides is 1. The molecule has 0 unspecified atom stereocenters. The van der Waals surface area contributed by atoms with Gasteiger partial charge < -0.3 is 4.90 Å². The molecule has 4 heterocycles. The van der Waals surface area contributed by atoms with Gasteiger partial charge in [0.25, 0.3) is 5.91 Å². The number of aryl methyl sites for hydroxylation is 1. The van der Waals surface area contributed by atoms with Crippen LogP contribution in [0.5, 0.6) is 0 Å². The van der Waals surface area contributed by atoms with E-state index in [0.29, 0.717) is 29.6 Å². The van der Waals surface area contributed by atoms with Crippen molar-refractivity contribution in [3.63, 3.8) is 0 Å². The van der Waals surface area contributed by atoms with Crippen LogP contribution in [-0.4, -0.2) is 57.6 Å². The fourth-order valence-electron chi connectivity index (χ4n) is 6.85. The average Bonchev–Trinajstić information content (AvgIpc) is 3.17. The zero-order valence-corrected chi connectivity index (χ0v) is 17.4. The highest BCUT2D eigenvalue weighted by Gasteiger charge is 2.48. The van der Waals surface area contributed by atoms with Gasteiger partial charge in [-0.15, -0.1) is 0 Å². The number of piperidine rings is 3. The Bertz CT molecular complexity index is 695. The molecule has 1 N–H and O–H groups in total. The summed E-state index contributed by atoms with van der Waals surface area (Å²) < 4.78 is 0. The number of carbonyl (C=O) groups is 1. The molecule has 4 fully saturated rings. The Labute approximate surface area is 169 Å². The summed E-state index contributed by atoms with van der Waals surface area (Å²) in [4.78, 5) is 18.2. The molecular weight excluding hydrogens is 348 g/mol. The van der Waals surface area contributed by atoms with Gasteiger partial charge in [-0.1, -0.05) is 38.5 Å². The molecule has 3 saturated heterocycles. The third-order valence-corrected chi connectivity index (χ3v) is 8.13.